The van der Waals surface area contributed by atoms with E-state index in [9.17, 15) is 4.79 Å². The molecular formula is C20H24N2O2. The van der Waals surface area contributed by atoms with Gasteiger partial charge in [0.15, 0.2) is 0 Å². The first-order valence-corrected chi connectivity index (χ1v) is 8.35. The molecule has 1 aliphatic heterocycles. The van der Waals surface area contributed by atoms with Crippen molar-refractivity contribution >= 4 is 5.91 Å². The monoisotopic (exact) mass is 324 g/mol. The lowest BCUT2D eigenvalue weighted by Gasteiger charge is -2.28. The van der Waals surface area contributed by atoms with Gasteiger partial charge in [0.1, 0.15) is 12.4 Å². The maximum atomic E-state index is 12.6. The number of hydrogen-bond acceptors (Lipinski definition) is 3. The van der Waals surface area contributed by atoms with E-state index in [4.69, 9.17) is 4.74 Å². The summed E-state index contributed by atoms with van der Waals surface area (Å²) in [7, 11) is 4.06. The molecule has 1 heterocycles. The molecule has 126 valence electrons. The molecule has 2 aromatic carbocycles. The number of carbonyl (C=O) groups is 1. The second-order valence-corrected chi connectivity index (χ2v) is 6.46. The topological polar surface area (TPSA) is 41.6 Å². The highest BCUT2D eigenvalue weighted by Gasteiger charge is 2.26. The van der Waals surface area contributed by atoms with E-state index >= 15 is 0 Å². The fraction of sp³-hybridized carbons (Fsp3) is 0.350. The van der Waals surface area contributed by atoms with Gasteiger partial charge in [-0.15, -0.1) is 0 Å². The van der Waals surface area contributed by atoms with Gasteiger partial charge in [0.05, 0.1) is 12.0 Å². The molecule has 1 aliphatic rings. The van der Waals surface area contributed by atoms with Gasteiger partial charge in [-0.2, -0.15) is 0 Å². The number of para-hydroxylation sites is 1. The van der Waals surface area contributed by atoms with Crippen LogP contribution in [-0.4, -0.2) is 38.1 Å². The molecule has 2 aromatic rings. The van der Waals surface area contributed by atoms with Crippen molar-refractivity contribution in [1.29, 1.82) is 0 Å². The van der Waals surface area contributed by atoms with Crippen molar-refractivity contribution in [3.05, 3.63) is 65.7 Å². The van der Waals surface area contributed by atoms with E-state index in [0.717, 1.165) is 17.7 Å². The first kappa shape index (κ1) is 16.5. The van der Waals surface area contributed by atoms with Gasteiger partial charge in [0.25, 0.3) is 0 Å². The van der Waals surface area contributed by atoms with Crippen LogP contribution in [0.15, 0.2) is 54.6 Å². The van der Waals surface area contributed by atoms with Crippen LogP contribution >= 0.6 is 0 Å². The first-order valence-electron chi connectivity index (χ1n) is 8.35. The predicted molar refractivity (Wildman–Crippen MR) is 95.0 cm³/mol. The van der Waals surface area contributed by atoms with Crippen molar-refractivity contribution in [1.82, 2.24) is 10.2 Å². The molecule has 0 unspecified atom stereocenters. The molecule has 0 saturated carbocycles. The molecule has 1 amide bonds. The SMILES string of the molecule is CN(C)[C@H](CNC(=O)[C@H]1COc2ccccc2C1)c1ccccc1. The van der Waals surface area contributed by atoms with Gasteiger partial charge in [0, 0.05) is 6.54 Å². The summed E-state index contributed by atoms with van der Waals surface area (Å²) in [6, 6.07) is 18.3. The molecule has 4 nitrogen and oxygen atoms in total. The van der Waals surface area contributed by atoms with Crippen LogP contribution in [0.25, 0.3) is 0 Å². The third kappa shape index (κ3) is 3.77. The first-order chi connectivity index (χ1) is 11.6. The smallest absolute Gasteiger partial charge is 0.226 e. The van der Waals surface area contributed by atoms with Crippen LogP contribution in [0.5, 0.6) is 5.75 Å². The lowest BCUT2D eigenvalue weighted by atomic mass is 9.96. The van der Waals surface area contributed by atoms with Gasteiger partial charge in [-0.3, -0.25) is 4.79 Å². The quantitative estimate of drug-likeness (QED) is 0.919. The number of hydrogen-bond donors (Lipinski definition) is 1. The average molecular weight is 324 g/mol. The summed E-state index contributed by atoms with van der Waals surface area (Å²) < 4.78 is 5.72. The Morgan fingerprint density at radius 1 is 1.17 bits per heavy atom. The van der Waals surface area contributed by atoms with E-state index < -0.39 is 0 Å². The van der Waals surface area contributed by atoms with Gasteiger partial charge >= 0.3 is 0 Å². The molecule has 2 atom stereocenters. The van der Waals surface area contributed by atoms with Gasteiger partial charge < -0.3 is 15.0 Å². The molecule has 0 aliphatic carbocycles. The second kappa shape index (κ2) is 7.49. The summed E-state index contributed by atoms with van der Waals surface area (Å²) in [5.74, 6) is 0.836. The predicted octanol–water partition coefficient (Wildman–Crippen LogP) is 2.66. The maximum Gasteiger partial charge on any atom is 0.226 e. The summed E-state index contributed by atoms with van der Waals surface area (Å²) >= 11 is 0. The second-order valence-electron chi connectivity index (χ2n) is 6.46. The summed E-state index contributed by atoms with van der Waals surface area (Å²) in [6.45, 7) is 1.04. The number of rotatable bonds is 5. The zero-order valence-corrected chi connectivity index (χ0v) is 14.2. The number of likely N-dealkylation sites (N-methyl/N-ethyl adjacent to an activating group) is 1. The van der Waals surface area contributed by atoms with Crippen LogP contribution in [0.3, 0.4) is 0 Å². The van der Waals surface area contributed by atoms with Crippen LogP contribution in [0, 0.1) is 5.92 Å². The number of amides is 1. The number of ether oxygens (including phenoxy) is 1. The van der Waals surface area contributed by atoms with E-state index in [-0.39, 0.29) is 17.9 Å². The van der Waals surface area contributed by atoms with Gasteiger partial charge in [-0.05, 0) is 37.7 Å². The molecule has 0 bridgehead atoms. The van der Waals surface area contributed by atoms with Crippen molar-refractivity contribution in [3.63, 3.8) is 0 Å². The molecule has 3 rings (SSSR count). The number of fused-ring (bicyclic) bond motifs is 1. The molecule has 1 N–H and O–H groups in total. The Kier molecular flexibility index (Phi) is 5.16. The van der Waals surface area contributed by atoms with Crippen molar-refractivity contribution in [2.45, 2.75) is 12.5 Å². The van der Waals surface area contributed by atoms with Gasteiger partial charge in [-0.1, -0.05) is 48.5 Å². The van der Waals surface area contributed by atoms with Gasteiger partial charge in [0.2, 0.25) is 5.91 Å². The van der Waals surface area contributed by atoms with Crippen LogP contribution in [0.2, 0.25) is 0 Å². The minimum absolute atomic E-state index is 0.0623. The Morgan fingerprint density at radius 2 is 1.88 bits per heavy atom. The third-order valence-corrected chi connectivity index (χ3v) is 4.53. The maximum absolute atomic E-state index is 12.6. The lowest BCUT2D eigenvalue weighted by Crippen LogP contribution is -2.41. The highest BCUT2D eigenvalue weighted by molar-refractivity contribution is 5.79. The molecule has 0 fully saturated rings. The molecular weight excluding hydrogens is 300 g/mol. The fourth-order valence-corrected chi connectivity index (χ4v) is 3.11. The third-order valence-electron chi connectivity index (χ3n) is 4.53. The number of nitrogens with zero attached hydrogens (tertiary/aromatic N) is 1. The standard InChI is InChI=1S/C20H24N2O2/c1-22(2)18(15-8-4-3-5-9-15)13-21-20(23)17-12-16-10-6-7-11-19(16)24-14-17/h3-11,17-18H,12-14H2,1-2H3,(H,21,23)/t17-,18-/m1/s1. The van der Waals surface area contributed by atoms with E-state index in [2.05, 4.69) is 22.3 Å². The number of carbonyl (C=O) groups excluding carboxylic acids is 1. The van der Waals surface area contributed by atoms with E-state index in [1.54, 1.807) is 0 Å². The molecule has 0 saturated heterocycles. The number of benzene rings is 2. The van der Waals surface area contributed by atoms with E-state index in [1.807, 2.05) is 56.6 Å². The fourth-order valence-electron chi connectivity index (χ4n) is 3.11. The molecule has 0 aromatic heterocycles. The van der Waals surface area contributed by atoms with Crippen LogP contribution in [0.1, 0.15) is 17.2 Å². The molecule has 24 heavy (non-hydrogen) atoms. The summed E-state index contributed by atoms with van der Waals surface area (Å²) in [4.78, 5) is 14.7. The van der Waals surface area contributed by atoms with Crippen LogP contribution in [-0.2, 0) is 11.2 Å². The highest BCUT2D eigenvalue weighted by Crippen LogP contribution is 2.27. The zero-order chi connectivity index (χ0) is 16.9. The summed E-state index contributed by atoms with van der Waals surface area (Å²) in [5.41, 5.74) is 2.31. The Balaban J connectivity index is 1.61. The summed E-state index contributed by atoms with van der Waals surface area (Å²) in [6.07, 6.45) is 0.736. The van der Waals surface area contributed by atoms with Crippen molar-refractivity contribution in [3.8, 4) is 5.75 Å². The molecule has 0 spiro atoms. The van der Waals surface area contributed by atoms with E-state index in [0.29, 0.717) is 13.2 Å². The van der Waals surface area contributed by atoms with Crippen molar-refractivity contribution < 1.29 is 9.53 Å². The Morgan fingerprint density at radius 3 is 2.62 bits per heavy atom. The van der Waals surface area contributed by atoms with Crippen LogP contribution < -0.4 is 10.1 Å². The minimum Gasteiger partial charge on any atom is -0.492 e. The highest BCUT2D eigenvalue weighted by atomic mass is 16.5. The molecule has 4 heteroatoms. The normalized spacial score (nSPS) is 17.7. The lowest BCUT2D eigenvalue weighted by molar-refractivity contribution is -0.126. The summed E-state index contributed by atoms with van der Waals surface area (Å²) in [5, 5.41) is 3.10. The Bertz CT molecular complexity index is 685. The van der Waals surface area contributed by atoms with Crippen LogP contribution in [0.4, 0.5) is 0 Å². The zero-order valence-electron chi connectivity index (χ0n) is 14.2. The van der Waals surface area contributed by atoms with Crippen molar-refractivity contribution in [2.24, 2.45) is 5.92 Å². The largest absolute Gasteiger partial charge is 0.492 e. The average Bonchev–Trinajstić information content (AvgIpc) is 2.62. The van der Waals surface area contributed by atoms with Gasteiger partial charge in [-0.25, -0.2) is 0 Å². The Labute approximate surface area is 143 Å². The Hall–Kier alpha value is -2.33. The minimum atomic E-state index is -0.126. The number of nitrogens with one attached hydrogen (secondary N) is 1. The molecule has 0 radical (unpaired) electrons. The van der Waals surface area contributed by atoms with Crippen molar-refractivity contribution in [2.75, 3.05) is 27.2 Å². The van der Waals surface area contributed by atoms with E-state index in [1.165, 1.54) is 5.56 Å².